The van der Waals surface area contributed by atoms with E-state index in [0.29, 0.717) is 0 Å². The van der Waals surface area contributed by atoms with E-state index >= 15 is 0 Å². The van der Waals surface area contributed by atoms with Gasteiger partial charge in [0, 0.05) is 6.08 Å². The standard InChI is InChI=1S/C17H20F2O7/c1-3-15(20)25-8-6-23-4-5-24-7-9-26-16-13(18)10-12(11-14(16)19)17(21)22-2/h3,10-11H,1,4-9H2,2H3. The molecule has 0 radical (unpaired) electrons. The maximum atomic E-state index is 13.8. The minimum atomic E-state index is -1.01. The molecule has 1 rings (SSSR count). The summed E-state index contributed by atoms with van der Waals surface area (Å²) in [5, 5.41) is 0. The van der Waals surface area contributed by atoms with Crippen LogP contribution in [0.1, 0.15) is 10.4 Å². The molecule has 0 aromatic heterocycles. The van der Waals surface area contributed by atoms with E-state index in [-0.39, 0.29) is 45.2 Å². The van der Waals surface area contributed by atoms with Crippen LogP contribution in [-0.4, -0.2) is 58.7 Å². The second-order valence-electron chi connectivity index (χ2n) is 4.71. The van der Waals surface area contributed by atoms with Crippen LogP contribution in [0.2, 0.25) is 0 Å². The summed E-state index contributed by atoms with van der Waals surface area (Å²) in [4.78, 5) is 22.0. The Hall–Kier alpha value is -2.52. The molecule has 0 bridgehead atoms. The van der Waals surface area contributed by atoms with Crippen molar-refractivity contribution in [2.45, 2.75) is 0 Å². The lowest BCUT2D eigenvalue weighted by Crippen LogP contribution is -2.14. The molecule has 1 aromatic carbocycles. The van der Waals surface area contributed by atoms with Crippen LogP contribution in [0, 0.1) is 11.6 Å². The Morgan fingerprint density at radius 2 is 1.54 bits per heavy atom. The molecule has 0 spiro atoms. The zero-order valence-electron chi connectivity index (χ0n) is 14.3. The summed E-state index contributed by atoms with van der Waals surface area (Å²) in [6.07, 6.45) is 1.05. The molecule has 0 N–H and O–H groups in total. The lowest BCUT2D eigenvalue weighted by molar-refractivity contribution is -0.139. The molecule has 7 nitrogen and oxygen atoms in total. The summed E-state index contributed by atoms with van der Waals surface area (Å²) in [7, 11) is 1.11. The first-order valence-corrected chi connectivity index (χ1v) is 7.64. The maximum absolute atomic E-state index is 13.8. The van der Waals surface area contributed by atoms with E-state index in [1.165, 1.54) is 0 Å². The normalized spacial score (nSPS) is 10.3. The summed E-state index contributed by atoms with van der Waals surface area (Å²) in [6.45, 7) is 4.03. The summed E-state index contributed by atoms with van der Waals surface area (Å²) in [5.74, 6) is -4.00. The molecule has 0 atom stereocenters. The Labute approximate surface area is 149 Å². The number of benzene rings is 1. The summed E-state index contributed by atoms with van der Waals surface area (Å²) in [6, 6.07) is 1.66. The van der Waals surface area contributed by atoms with E-state index in [1.807, 2.05) is 0 Å². The molecule has 9 heteroatoms. The van der Waals surface area contributed by atoms with Gasteiger partial charge in [-0.15, -0.1) is 0 Å². The van der Waals surface area contributed by atoms with E-state index in [4.69, 9.17) is 18.9 Å². The highest BCUT2D eigenvalue weighted by atomic mass is 19.1. The SMILES string of the molecule is C=CC(=O)OCCOCCOCCOc1c(F)cc(C(=O)OC)cc1F. The summed E-state index contributed by atoms with van der Waals surface area (Å²) >= 11 is 0. The molecule has 0 heterocycles. The number of esters is 2. The Morgan fingerprint density at radius 1 is 1.00 bits per heavy atom. The smallest absolute Gasteiger partial charge is 0.338 e. The fraction of sp³-hybridized carbons (Fsp3) is 0.412. The van der Waals surface area contributed by atoms with E-state index in [2.05, 4.69) is 11.3 Å². The molecule has 0 aliphatic rings. The van der Waals surface area contributed by atoms with Gasteiger partial charge in [-0.05, 0) is 12.1 Å². The maximum Gasteiger partial charge on any atom is 0.338 e. The molecule has 0 aliphatic carbocycles. The zero-order chi connectivity index (χ0) is 19.4. The fourth-order valence-electron chi connectivity index (χ4n) is 1.72. The van der Waals surface area contributed by atoms with Crippen molar-refractivity contribution in [1.82, 2.24) is 0 Å². The van der Waals surface area contributed by atoms with Crippen LogP contribution >= 0.6 is 0 Å². The third-order valence-corrected chi connectivity index (χ3v) is 2.90. The first-order valence-electron chi connectivity index (χ1n) is 7.64. The van der Waals surface area contributed by atoms with Crippen molar-refractivity contribution in [3.05, 3.63) is 42.0 Å². The van der Waals surface area contributed by atoms with Gasteiger partial charge in [-0.3, -0.25) is 0 Å². The number of rotatable bonds is 12. The van der Waals surface area contributed by atoms with Gasteiger partial charge in [0.15, 0.2) is 17.4 Å². The monoisotopic (exact) mass is 374 g/mol. The molecule has 1 aromatic rings. The average Bonchev–Trinajstić information content (AvgIpc) is 2.63. The molecule has 144 valence electrons. The predicted octanol–water partition coefficient (Wildman–Crippen LogP) is 1.89. The number of ether oxygens (including phenoxy) is 5. The largest absolute Gasteiger partial charge is 0.485 e. The van der Waals surface area contributed by atoms with Crippen LogP contribution in [0.3, 0.4) is 0 Å². The Bertz CT molecular complexity index is 596. The quantitative estimate of drug-likeness (QED) is 0.314. The number of hydrogen-bond acceptors (Lipinski definition) is 7. The van der Waals surface area contributed by atoms with Crippen LogP contribution in [0.25, 0.3) is 0 Å². The Morgan fingerprint density at radius 3 is 2.08 bits per heavy atom. The van der Waals surface area contributed by atoms with E-state index < -0.39 is 29.3 Å². The zero-order valence-corrected chi connectivity index (χ0v) is 14.3. The van der Waals surface area contributed by atoms with Crippen LogP contribution in [0.15, 0.2) is 24.8 Å². The number of carbonyl (C=O) groups excluding carboxylic acids is 2. The van der Waals surface area contributed by atoms with Crippen LogP contribution < -0.4 is 4.74 Å². The Balaban J connectivity index is 2.19. The van der Waals surface area contributed by atoms with Crippen LogP contribution in [0.5, 0.6) is 5.75 Å². The van der Waals surface area contributed by atoms with Gasteiger partial charge >= 0.3 is 11.9 Å². The minimum absolute atomic E-state index is 0.0758. The first kappa shape index (κ1) is 21.5. The number of halogens is 2. The number of carbonyl (C=O) groups is 2. The van der Waals surface area contributed by atoms with Gasteiger partial charge in [0.1, 0.15) is 13.2 Å². The van der Waals surface area contributed by atoms with E-state index in [0.717, 1.165) is 25.3 Å². The van der Waals surface area contributed by atoms with Crippen molar-refractivity contribution in [3.8, 4) is 5.75 Å². The highest BCUT2D eigenvalue weighted by molar-refractivity contribution is 5.89. The van der Waals surface area contributed by atoms with E-state index in [1.54, 1.807) is 0 Å². The molecule has 0 unspecified atom stereocenters. The summed E-state index contributed by atoms with van der Waals surface area (Å²) < 4.78 is 51.9. The van der Waals surface area contributed by atoms with Gasteiger partial charge in [0.2, 0.25) is 0 Å². The molecule has 26 heavy (non-hydrogen) atoms. The molecular weight excluding hydrogens is 354 g/mol. The fourth-order valence-corrected chi connectivity index (χ4v) is 1.72. The molecule has 0 saturated carbocycles. The number of hydrogen-bond donors (Lipinski definition) is 0. The molecular formula is C17H20F2O7. The second-order valence-corrected chi connectivity index (χ2v) is 4.71. The second kappa shape index (κ2) is 11.9. The molecule has 0 saturated heterocycles. The Kier molecular flexibility index (Phi) is 9.88. The van der Waals surface area contributed by atoms with Gasteiger partial charge < -0.3 is 23.7 Å². The van der Waals surface area contributed by atoms with Gasteiger partial charge in [0.05, 0.1) is 39.1 Å². The van der Waals surface area contributed by atoms with Crippen molar-refractivity contribution in [2.75, 3.05) is 46.8 Å². The first-order chi connectivity index (χ1) is 12.5. The number of methoxy groups -OCH3 is 1. The van der Waals surface area contributed by atoms with E-state index in [9.17, 15) is 18.4 Å². The summed E-state index contributed by atoms with van der Waals surface area (Å²) in [5.41, 5.74) is -0.248. The van der Waals surface area contributed by atoms with Crippen molar-refractivity contribution < 1.29 is 42.1 Å². The van der Waals surface area contributed by atoms with Crippen molar-refractivity contribution in [2.24, 2.45) is 0 Å². The third-order valence-electron chi connectivity index (χ3n) is 2.90. The third kappa shape index (κ3) is 7.58. The van der Waals surface area contributed by atoms with Gasteiger partial charge in [-0.25, -0.2) is 18.4 Å². The molecule has 0 amide bonds. The van der Waals surface area contributed by atoms with Crippen LogP contribution in [0.4, 0.5) is 8.78 Å². The predicted molar refractivity (Wildman–Crippen MR) is 86.0 cm³/mol. The van der Waals surface area contributed by atoms with Crippen molar-refractivity contribution in [1.29, 1.82) is 0 Å². The lowest BCUT2D eigenvalue weighted by Gasteiger charge is -2.10. The minimum Gasteiger partial charge on any atom is -0.485 e. The average molecular weight is 374 g/mol. The van der Waals surface area contributed by atoms with Crippen molar-refractivity contribution in [3.63, 3.8) is 0 Å². The van der Waals surface area contributed by atoms with Crippen LogP contribution in [-0.2, 0) is 23.7 Å². The molecule has 0 fully saturated rings. The van der Waals surface area contributed by atoms with Gasteiger partial charge in [-0.2, -0.15) is 0 Å². The topological polar surface area (TPSA) is 80.3 Å². The highest BCUT2D eigenvalue weighted by Gasteiger charge is 2.16. The van der Waals surface area contributed by atoms with Gasteiger partial charge in [-0.1, -0.05) is 6.58 Å². The molecule has 0 aliphatic heterocycles. The van der Waals surface area contributed by atoms with Crippen molar-refractivity contribution >= 4 is 11.9 Å². The highest BCUT2D eigenvalue weighted by Crippen LogP contribution is 2.23. The lowest BCUT2D eigenvalue weighted by atomic mass is 10.2. The van der Waals surface area contributed by atoms with Gasteiger partial charge in [0.25, 0.3) is 0 Å².